The third kappa shape index (κ3) is 3.60. The van der Waals surface area contributed by atoms with Crippen LogP contribution in [0, 0.1) is 5.92 Å². The minimum Gasteiger partial charge on any atom is -0.124 e. The monoisotopic (exact) mass is 161 g/mol. The van der Waals surface area contributed by atoms with Gasteiger partial charge in [0.25, 0.3) is 15.2 Å². The molecule has 0 aliphatic carbocycles. The molecule has 0 aliphatic rings. The fraction of sp³-hybridized carbons (Fsp3) is 0.400. The Morgan fingerprint density at radius 1 is 1.18 bits per heavy atom. The van der Waals surface area contributed by atoms with E-state index in [-0.39, 0.29) is 0 Å². The highest BCUT2D eigenvalue weighted by molar-refractivity contribution is 6.53. The predicted molar refractivity (Wildman–Crippen MR) is 51.5 cm³/mol. The number of rotatable bonds is 3. The van der Waals surface area contributed by atoms with Crippen LogP contribution in [0.3, 0.4) is 0 Å². The van der Waals surface area contributed by atoms with Crippen molar-refractivity contribution in [2.24, 2.45) is 5.92 Å². The summed E-state index contributed by atoms with van der Waals surface area (Å²) >= 11 is 0.513. The topological polar surface area (TPSA) is 0 Å². The molecule has 0 amide bonds. The predicted octanol–water partition coefficient (Wildman–Crippen LogP) is 2.09. The van der Waals surface area contributed by atoms with Gasteiger partial charge < -0.3 is 0 Å². The minimum absolute atomic E-state index is 0.513. The molecule has 0 N–H and O–H groups in total. The van der Waals surface area contributed by atoms with Crippen LogP contribution in [0.2, 0.25) is 5.28 Å². The average molecular weight is 161 g/mol. The van der Waals surface area contributed by atoms with E-state index in [1.54, 1.807) is 4.43 Å². The van der Waals surface area contributed by atoms with Crippen LogP contribution < -0.4 is 4.43 Å². The molecule has 1 rings (SSSR count). The van der Waals surface area contributed by atoms with Crippen LogP contribution in [-0.4, -0.2) is 15.2 Å². The third-order valence-corrected chi connectivity index (χ3v) is 3.66. The van der Waals surface area contributed by atoms with E-state index in [4.69, 9.17) is 0 Å². The number of hydrogen-bond acceptors (Lipinski definition) is 0. The van der Waals surface area contributed by atoms with Crippen LogP contribution in [0.4, 0.5) is 0 Å². The van der Waals surface area contributed by atoms with E-state index in [0.29, 0.717) is 15.2 Å². The van der Waals surface area contributed by atoms with Gasteiger partial charge in [0, 0.05) is 0 Å². The van der Waals surface area contributed by atoms with Gasteiger partial charge >= 0.3 is 0 Å². The van der Waals surface area contributed by atoms with E-state index >= 15 is 0 Å². The van der Waals surface area contributed by atoms with Crippen molar-refractivity contribution in [1.82, 2.24) is 0 Å². The molecule has 0 atom stereocenters. The molecule has 57 valence electrons. The van der Waals surface area contributed by atoms with Gasteiger partial charge in [-0.2, -0.15) is 0 Å². The molecule has 1 radical (unpaired) electrons. The van der Waals surface area contributed by atoms with Gasteiger partial charge in [-0.05, 0) is 0 Å². The number of benzene rings is 1. The summed E-state index contributed by atoms with van der Waals surface area (Å²) in [6, 6.07) is 10.8. The first kappa shape index (κ1) is 8.85. The van der Waals surface area contributed by atoms with Gasteiger partial charge in [-0.3, -0.25) is 0 Å². The molecule has 0 aliphatic heterocycles. The summed E-state index contributed by atoms with van der Waals surface area (Å²) in [7, 11) is 0. The van der Waals surface area contributed by atoms with Crippen molar-refractivity contribution in [3.8, 4) is 0 Å². The number of hydrogen-bond donors (Lipinski definition) is 0. The second-order valence-electron chi connectivity index (χ2n) is 3.24. The van der Waals surface area contributed by atoms with Crippen molar-refractivity contribution in [2.45, 2.75) is 19.1 Å². The van der Waals surface area contributed by atoms with Crippen LogP contribution in [-0.2, 0) is 0 Å². The van der Waals surface area contributed by atoms with Crippen molar-refractivity contribution >= 4 is 19.6 Å². The summed E-state index contributed by atoms with van der Waals surface area (Å²) in [5, 5.41) is 1.38. The summed E-state index contributed by atoms with van der Waals surface area (Å²) in [4.78, 5) is 0. The standard InChI is InChI=1S/C6H5.C4H9.Al/c1-2-4-6-5-3-1;1-4(2)3;/h1-5H;4H,1H2,2-3H3;. The average Bonchev–Trinajstić information content (AvgIpc) is 2.03. The Balaban J connectivity index is 2.39. The fourth-order valence-corrected chi connectivity index (χ4v) is 2.20. The fourth-order valence-electron chi connectivity index (χ4n) is 0.961. The van der Waals surface area contributed by atoms with Crippen molar-refractivity contribution in [3.63, 3.8) is 0 Å². The molecular formula is C10H14Al. The molecule has 0 spiro atoms. The maximum Gasteiger partial charge on any atom is 0.250 e. The van der Waals surface area contributed by atoms with Gasteiger partial charge in [0.1, 0.15) is 0 Å². The van der Waals surface area contributed by atoms with Crippen molar-refractivity contribution in [1.29, 1.82) is 0 Å². The summed E-state index contributed by atoms with van der Waals surface area (Å²) in [6.07, 6.45) is 0. The molecule has 0 fully saturated rings. The highest BCUT2D eigenvalue weighted by Gasteiger charge is 1.97. The SMILES string of the molecule is CC(C)[CH2][Al][c]1ccccc1. The molecule has 0 bridgehead atoms. The Hall–Kier alpha value is -0.248. The zero-order chi connectivity index (χ0) is 8.10. The summed E-state index contributed by atoms with van der Waals surface area (Å²) in [5.41, 5.74) is 0. The first-order chi connectivity index (χ1) is 5.29. The third-order valence-electron chi connectivity index (χ3n) is 1.62. The van der Waals surface area contributed by atoms with Crippen LogP contribution in [0.15, 0.2) is 30.3 Å². The Morgan fingerprint density at radius 2 is 1.82 bits per heavy atom. The van der Waals surface area contributed by atoms with E-state index in [0.717, 1.165) is 5.92 Å². The van der Waals surface area contributed by atoms with E-state index in [2.05, 4.69) is 44.2 Å². The minimum atomic E-state index is 0.513. The molecule has 11 heavy (non-hydrogen) atoms. The van der Waals surface area contributed by atoms with Crippen molar-refractivity contribution in [3.05, 3.63) is 30.3 Å². The molecule has 1 aromatic carbocycles. The van der Waals surface area contributed by atoms with Gasteiger partial charge in [0.05, 0.1) is 0 Å². The van der Waals surface area contributed by atoms with Gasteiger partial charge in [0.2, 0.25) is 0 Å². The molecule has 0 aromatic heterocycles. The first-order valence-electron chi connectivity index (χ1n) is 4.17. The Morgan fingerprint density at radius 3 is 2.36 bits per heavy atom. The summed E-state index contributed by atoms with van der Waals surface area (Å²) < 4.78 is 1.54. The van der Waals surface area contributed by atoms with E-state index in [1.807, 2.05) is 0 Å². The maximum atomic E-state index is 2.29. The second kappa shape index (κ2) is 4.59. The van der Waals surface area contributed by atoms with Crippen LogP contribution in [0.25, 0.3) is 0 Å². The Bertz CT molecular complexity index is 191. The summed E-state index contributed by atoms with van der Waals surface area (Å²) in [5.74, 6) is 0.852. The van der Waals surface area contributed by atoms with Gasteiger partial charge in [-0.25, -0.2) is 0 Å². The van der Waals surface area contributed by atoms with E-state index in [9.17, 15) is 0 Å². The lowest BCUT2D eigenvalue weighted by atomic mass is 10.3. The van der Waals surface area contributed by atoms with Crippen LogP contribution in [0.1, 0.15) is 13.8 Å². The highest BCUT2D eigenvalue weighted by Crippen LogP contribution is 1.98. The Kier molecular flexibility index (Phi) is 3.69. The molecular weight excluding hydrogens is 147 g/mol. The lowest BCUT2D eigenvalue weighted by Gasteiger charge is -2.01. The van der Waals surface area contributed by atoms with E-state index < -0.39 is 0 Å². The lowest BCUT2D eigenvalue weighted by molar-refractivity contribution is 0.732. The first-order valence-corrected chi connectivity index (χ1v) is 5.56. The maximum absolute atomic E-state index is 2.29. The van der Waals surface area contributed by atoms with Crippen molar-refractivity contribution in [2.75, 3.05) is 0 Å². The lowest BCUT2D eigenvalue weighted by Crippen LogP contribution is -2.14. The zero-order valence-corrected chi connectivity index (χ0v) is 8.40. The molecule has 0 unspecified atom stereocenters. The normalized spacial score (nSPS) is 10.1. The summed E-state index contributed by atoms with van der Waals surface area (Å²) in [6.45, 7) is 4.58. The van der Waals surface area contributed by atoms with Gasteiger partial charge in [-0.1, -0.05) is 55.4 Å². The Labute approximate surface area is 75.3 Å². The van der Waals surface area contributed by atoms with Gasteiger partial charge in [-0.15, -0.1) is 4.43 Å². The van der Waals surface area contributed by atoms with Gasteiger partial charge in [0.15, 0.2) is 0 Å². The quantitative estimate of drug-likeness (QED) is 0.595. The van der Waals surface area contributed by atoms with Crippen LogP contribution >= 0.6 is 0 Å². The molecule has 1 heteroatoms. The largest absolute Gasteiger partial charge is 0.250 e. The molecule has 1 aromatic rings. The highest BCUT2D eigenvalue weighted by atomic mass is 27.1. The smallest absolute Gasteiger partial charge is 0.124 e. The van der Waals surface area contributed by atoms with Crippen molar-refractivity contribution < 1.29 is 0 Å². The zero-order valence-electron chi connectivity index (χ0n) is 7.25. The molecule has 0 nitrogen and oxygen atoms in total. The van der Waals surface area contributed by atoms with E-state index in [1.165, 1.54) is 5.28 Å². The van der Waals surface area contributed by atoms with Crippen LogP contribution in [0.5, 0.6) is 0 Å². The molecule has 0 saturated carbocycles. The molecule has 0 heterocycles. The molecule has 0 saturated heterocycles. The second-order valence-corrected chi connectivity index (χ2v) is 4.79.